The summed E-state index contributed by atoms with van der Waals surface area (Å²) in [5.41, 5.74) is 5.76. The molecule has 2 aliphatic rings. The number of rotatable bonds is 6. The van der Waals surface area contributed by atoms with E-state index in [4.69, 9.17) is 11.6 Å². The molecule has 6 heteroatoms. The highest BCUT2D eigenvalue weighted by atomic mass is 16.7. The van der Waals surface area contributed by atoms with E-state index < -0.39 is 5.41 Å². The third kappa shape index (κ3) is 3.02. The third-order valence-corrected chi connectivity index (χ3v) is 5.80. The Morgan fingerprint density at radius 2 is 2.17 bits per heavy atom. The molecule has 3 rings (SSSR count). The highest BCUT2D eigenvalue weighted by Crippen LogP contribution is 2.56. The summed E-state index contributed by atoms with van der Waals surface area (Å²) in [6.07, 6.45) is 11.4. The molecule has 6 nitrogen and oxygen atoms in total. The van der Waals surface area contributed by atoms with Crippen LogP contribution >= 0.6 is 0 Å². The smallest absolute Gasteiger partial charge is 0.336 e. The number of hydrogen-bond acceptors (Lipinski definition) is 5. The lowest BCUT2D eigenvalue weighted by Gasteiger charge is -2.27. The minimum absolute atomic E-state index is 0.247. The number of imidazole rings is 1. The van der Waals surface area contributed by atoms with Gasteiger partial charge in [-0.1, -0.05) is 6.92 Å². The number of hydrogen-bond donors (Lipinski definition) is 2. The maximum Gasteiger partial charge on any atom is 0.336 e. The molecule has 0 bridgehead atoms. The number of carbonyl (C=O) groups is 1. The van der Waals surface area contributed by atoms with Gasteiger partial charge in [0.2, 0.25) is 0 Å². The molecule has 0 saturated heterocycles. The molecule has 0 aliphatic heterocycles. The van der Waals surface area contributed by atoms with Gasteiger partial charge in [0.25, 0.3) is 0 Å². The maximum atomic E-state index is 12.3. The van der Waals surface area contributed by atoms with Crippen LogP contribution in [0.5, 0.6) is 0 Å². The predicted molar refractivity (Wildman–Crippen MR) is 87.2 cm³/mol. The van der Waals surface area contributed by atoms with Crippen molar-refractivity contribution < 1.29 is 9.63 Å². The van der Waals surface area contributed by atoms with Crippen LogP contribution in [0.25, 0.3) is 0 Å². The number of nitrogens with zero attached hydrogens (tertiary/aromatic N) is 2. The Morgan fingerprint density at radius 3 is 2.83 bits per heavy atom. The molecular weight excluding hydrogens is 292 g/mol. The summed E-state index contributed by atoms with van der Waals surface area (Å²) in [6, 6.07) is 0.500. The van der Waals surface area contributed by atoms with Crippen molar-refractivity contribution in [2.24, 2.45) is 23.5 Å². The topological polar surface area (TPSA) is 96.2 Å². The molecule has 2 fully saturated rings. The molecule has 0 aromatic carbocycles. The van der Waals surface area contributed by atoms with Gasteiger partial charge in [-0.3, -0.25) is 0 Å². The van der Waals surface area contributed by atoms with Crippen molar-refractivity contribution in [3.8, 4) is 0 Å². The fraction of sp³-hybridized carbons (Fsp3) is 0.765. The molecule has 0 radical (unpaired) electrons. The molecule has 1 heterocycles. The van der Waals surface area contributed by atoms with Crippen LogP contribution in [0.4, 0.5) is 0 Å². The second kappa shape index (κ2) is 6.61. The van der Waals surface area contributed by atoms with Gasteiger partial charge >= 0.3 is 5.97 Å². The first-order valence-electron chi connectivity index (χ1n) is 8.77. The zero-order valence-electron chi connectivity index (χ0n) is 13.9. The van der Waals surface area contributed by atoms with Gasteiger partial charge in [-0.05, 0) is 63.3 Å². The van der Waals surface area contributed by atoms with Crippen LogP contribution < -0.4 is 11.6 Å². The molecule has 2 aliphatic carbocycles. The average Bonchev–Trinajstić information content (AvgIpc) is 3.09. The number of nitrogens with two attached hydrogens (primary N) is 2. The fourth-order valence-corrected chi connectivity index (χ4v) is 4.12. The van der Waals surface area contributed by atoms with Crippen molar-refractivity contribution in [2.45, 2.75) is 63.3 Å². The van der Waals surface area contributed by atoms with Crippen LogP contribution in [-0.4, -0.2) is 22.1 Å². The van der Waals surface area contributed by atoms with Crippen molar-refractivity contribution in [2.75, 3.05) is 6.54 Å². The van der Waals surface area contributed by atoms with Gasteiger partial charge < -0.3 is 15.1 Å². The van der Waals surface area contributed by atoms with Crippen LogP contribution in [0.2, 0.25) is 0 Å². The van der Waals surface area contributed by atoms with Gasteiger partial charge in [-0.2, -0.15) is 5.90 Å². The highest BCUT2D eigenvalue weighted by Gasteiger charge is 2.63. The first-order chi connectivity index (χ1) is 11.1. The van der Waals surface area contributed by atoms with E-state index in [1.54, 1.807) is 0 Å². The summed E-state index contributed by atoms with van der Waals surface area (Å²) in [5.74, 6) is 5.89. The van der Waals surface area contributed by atoms with E-state index in [0.29, 0.717) is 12.6 Å². The summed E-state index contributed by atoms with van der Waals surface area (Å²) in [4.78, 5) is 21.4. The van der Waals surface area contributed by atoms with Crippen LogP contribution in [-0.2, 0) is 15.0 Å². The van der Waals surface area contributed by atoms with Gasteiger partial charge in [-0.25, -0.2) is 9.78 Å². The van der Waals surface area contributed by atoms with E-state index in [1.165, 1.54) is 25.7 Å². The second-order valence-electron chi connectivity index (χ2n) is 7.33. The standard InChI is InChI=1S/C17H28N4O2/c1-12-4-6-14(7-5-12)21-10-15(20-11-21)17(16(22)23-19)9-13(17)3-2-8-18/h10-14H,2-9,18-19H2,1H3/t12-,13?,14-,17?. The predicted octanol–water partition coefficient (Wildman–Crippen LogP) is 2.05. The maximum absolute atomic E-state index is 12.3. The first-order valence-corrected chi connectivity index (χ1v) is 8.77. The fourth-order valence-electron chi connectivity index (χ4n) is 4.12. The Labute approximate surface area is 137 Å². The second-order valence-corrected chi connectivity index (χ2v) is 7.33. The van der Waals surface area contributed by atoms with E-state index in [-0.39, 0.29) is 11.9 Å². The van der Waals surface area contributed by atoms with Gasteiger partial charge in [0.05, 0.1) is 12.0 Å². The molecule has 23 heavy (non-hydrogen) atoms. The molecule has 2 unspecified atom stereocenters. The van der Waals surface area contributed by atoms with Crippen LogP contribution in [0.15, 0.2) is 12.5 Å². The van der Waals surface area contributed by atoms with Crippen LogP contribution in [0.3, 0.4) is 0 Å². The molecule has 0 amide bonds. The van der Waals surface area contributed by atoms with Crippen molar-refractivity contribution in [3.05, 3.63) is 18.2 Å². The zero-order valence-corrected chi connectivity index (χ0v) is 13.9. The van der Waals surface area contributed by atoms with E-state index in [9.17, 15) is 4.79 Å². The zero-order chi connectivity index (χ0) is 16.4. The molecule has 2 saturated carbocycles. The lowest BCUT2D eigenvalue weighted by molar-refractivity contribution is -0.148. The van der Waals surface area contributed by atoms with Crippen molar-refractivity contribution in [3.63, 3.8) is 0 Å². The first kappa shape index (κ1) is 16.5. The third-order valence-electron chi connectivity index (χ3n) is 5.80. The normalized spacial score (nSPS) is 33.4. The molecule has 128 valence electrons. The van der Waals surface area contributed by atoms with E-state index in [2.05, 4.69) is 21.3 Å². The highest BCUT2D eigenvalue weighted by molar-refractivity contribution is 5.86. The summed E-state index contributed by atoms with van der Waals surface area (Å²) < 4.78 is 2.19. The van der Waals surface area contributed by atoms with Crippen molar-refractivity contribution >= 4 is 5.97 Å². The number of aromatic nitrogens is 2. The SMILES string of the molecule is C[C@H]1CC[C@H](n2cnc(C3(C(=O)ON)CC3CCCN)c2)CC1. The molecule has 2 atom stereocenters. The lowest BCUT2D eigenvalue weighted by atomic mass is 9.87. The van der Waals surface area contributed by atoms with Crippen LogP contribution in [0, 0.1) is 11.8 Å². The van der Waals surface area contributed by atoms with Gasteiger partial charge in [-0.15, -0.1) is 0 Å². The Bertz CT molecular complexity index is 551. The minimum atomic E-state index is -0.642. The summed E-state index contributed by atoms with van der Waals surface area (Å²) in [7, 11) is 0. The molecule has 4 N–H and O–H groups in total. The van der Waals surface area contributed by atoms with E-state index in [1.807, 2.05) is 12.5 Å². The van der Waals surface area contributed by atoms with Gasteiger partial charge in [0, 0.05) is 12.2 Å². The summed E-state index contributed by atoms with van der Waals surface area (Å²) in [6.45, 7) is 2.95. The average molecular weight is 320 g/mol. The summed E-state index contributed by atoms with van der Waals surface area (Å²) in [5, 5.41) is 0. The number of carbonyl (C=O) groups excluding carboxylic acids is 1. The van der Waals surface area contributed by atoms with Crippen molar-refractivity contribution in [1.82, 2.24) is 9.55 Å². The van der Waals surface area contributed by atoms with Crippen LogP contribution in [0.1, 0.15) is 63.6 Å². The quantitative estimate of drug-likeness (QED) is 0.782. The Hall–Kier alpha value is -1.40. The Balaban J connectivity index is 1.75. The Kier molecular flexibility index (Phi) is 4.73. The minimum Gasteiger partial charge on any atom is -0.373 e. The molecule has 0 spiro atoms. The van der Waals surface area contributed by atoms with Crippen molar-refractivity contribution in [1.29, 1.82) is 0 Å². The summed E-state index contributed by atoms with van der Waals surface area (Å²) >= 11 is 0. The molecule has 1 aromatic rings. The van der Waals surface area contributed by atoms with E-state index >= 15 is 0 Å². The molecular formula is C17H28N4O2. The Morgan fingerprint density at radius 1 is 1.43 bits per heavy atom. The monoisotopic (exact) mass is 320 g/mol. The largest absolute Gasteiger partial charge is 0.373 e. The van der Waals surface area contributed by atoms with Gasteiger partial charge in [0.1, 0.15) is 5.41 Å². The van der Waals surface area contributed by atoms with E-state index in [0.717, 1.165) is 30.9 Å². The van der Waals surface area contributed by atoms with Gasteiger partial charge in [0.15, 0.2) is 0 Å². The lowest BCUT2D eigenvalue weighted by Crippen LogP contribution is -2.28. The molecule has 1 aromatic heterocycles.